The smallest absolute Gasteiger partial charge is 0.116 e. The largest absolute Gasteiger partial charge is 0.328 e. The average Bonchev–Trinajstić information content (AvgIpc) is 2.70. The number of hydrogen-bond donors (Lipinski definition) is 1. The zero-order valence-electron chi connectivity index (χ0n) is 10.4. The van der Waals surface area contributed by atoms with Crippen molar-refractivity contribution in [3.63, 3.8) is 0 Å². The van der Waals surface area contributed by atoms with Crippen LogP contribution in [0.3, 0.4) is 0 Å². The summed E-state index contributed by atoms with van der Waals surface area (Å²) < 4.78 is 14.7. The summed E-state index contributed by atoms with van der Waals surface area (Å²) in [6, 6.07) is 14.3. The van der Waals surface area contributed by atoms with E-state index in [1.165, 1.54) is 5.39 Å². The summed E-state index contributed by atoms with van der Waals surface area (Å²) in [5.41, 5.74) is 5.83. The summed E-state index contributed by atoms with van der Waals surface area (Å²) in [7, 11) is 0. The molecule has 0 aliphatic heterocycles. The molecule has 2 atom stereocenters. The molecule has 1 nitrogen and oxygen atoms in total. The van der Waals surface area contributed by atoms with E-state index in [1.807, 2.05) is 24.3 Å². The number of hydrogen-bond acceptors (Lipinski definition) is 1. The van der Waals surface area contributed by atoms with Gasteiger partial charge < -0.3 is 5.73 Å². The minimum Gasteiger partial charge on any atom is -0.328 e. The van der Waals surface area contributed by atoms with Crippen molar-refractivity contribution >= 4 is 10.8 Å². The highest BCUT2D eigenvalue weighted by Gasteiger charge is 2.38. The van der Waals surface area contributed by atoms with Gasteiger partial charge in [0.25, 0.3) is 0 Å². The van der Waals surface area contributed by atoms with E-state index in [0.717, 1.165) is 17.4 Å². The van der Waals surface area contributed by atoms with Crippen LogP contribution < -0.4 is 5.73 Å². The molecule has 94 valence electrons. The summed E-state index contributed by atoms with van der Waals surface area (Å²) in [6.45, 7) is 0. The Bertz CT molecular complexity index is 561. The van der Waals surface area contributed by atoms with E-state index < -0.39 is 5.67 Å². The van der Waals surface area contributed by atoms with Gasteiger partial charge in [0.05, 0.1) is 0 Å². The highest BCUT2D eigenvalue weighted by Crippen LogP contribution is 2.37. The summed E-state index contributed by atoms with van der Waals surface area (Å²) in [5.74, 6) is 0. The van der Waals surface area contributed by atoms with Crippen LogP contribution in [-0.2, 0) is 6.42 Å². The van der Waals surface area contributed by atoms with Crippen molar-refractivity contribution < 1.29 is 4.39 Å². The first-order valence-corrected chi connectivity index (χ1v) is 6.57. The molecule has 1 aliphatic rings. The molecule has 2 heteroatoms. The van der Waals surface area contributed by atoms with E-state index in [1.54, 1.807) is 0 Å². The third-order valence-electron chi connectivity index (χ3n) is 3.98. The lowest BCUT2D eigenvalue weighted by molar-refractivity contribution is 0.171. The van der Waals surface area contributed by atoms with E-state index in [-0.39, 0.29) is 6.04 Å². The number of fused-ring (bicyclic) bond motifs is 1. The first-order chi connectivity index (χ1) is 8.66. The number of alkyl halides is 1. The highest BCUT2D eigenvalue weighted by molar-refractivity contribution is 5.85. The highest BCUT2D eigenvalue weighted by atomic mass is 19.1. The molecule has 0 saturated heterocycles. The average molecular weight is 243 g/mol. The lowest BCUT2D eigenvalue weighted by Gasteiger charge is -2.20. The maximum absolute atomic E-state index is 14.7. The Balaban J connectivity index is 1.95. The Morgan fingerprint density at radius 1 is 1.17 bits per heavy atom. The fourth-order valence-corrected chi connectivity index (χ4v) is 3.07. The van der Waals surface area contributed by atoms with Gasteiger partial charge in [0.15, 0.2) is 0 Å². The SMILES string of the molecule is NC1CCC(F)(Cc2cccc3ccccc23)C1. The lowest BCUT2D eigenvalue weighted by Crippen LogP contribution is -2.25. The normalized spacial score (nSPS) is 27.8. The Labute approximate surface area is 107 Å². The van der Waals surface area contributed by atoms with E-state index in [9.17, 15) is 4.39 Å². The van der Waals surface area contributed by atoms with Crippen molar-refractivity contribution in [3.8, 4) is 0 Å². The summed E-state index contributed by atoms with van der Waals surface area (Å²) in [4.78, 5) is 0. The quantitative estimate of drug-likeness (QED) is 0.856. The molecule has 18 heavy (non-hydrogen) atoms. The van der Waals surface area contributed by atoms with Gasteiger partial charge in [0, 0.05) is 12.5 Å². The minimum atomic E-state index is -1.11. The Kier molecular flexibility index (Phi) is 2.83. The van der Waals surface area contributed by atoms with Crippen molar-refractivity contribution in [3.05, 3.63) is 48.0 Å². The first kappa shape index (κ1) is 11.7. The van der Waals surface area contributed by atoms with Crippen LogP contribution in [0.25, 0.3) is 10.8 Å². The zero-order chi connectivity index (χ0) is 12.6. The van der Waals surface area contributed by atoms with Crippen molar-refractivity contribution in [2.45, 2.75) is 37.4 Å². The molecule has 2 aromatic carbocycles. The fraction of sp³-hybridized carbons (Fsp3) is 0.375. The minimum absolute atomic E-state index is 0.0324. The molecular formula is C16H18FN. The molecular weight excluding hydrogens is 225 g/mol. The standard InChI is InChI=1S/C16H18FN/c17-16(9-8-14(18)11-16)10-13-6-3-5-12-4-1-2-7-15(12)13/h1-7,14H,8-11,18H2. The van der Waals surface area contributed by atoms with Crippen LogP contribution in [-0.4, -0.2) is 11.7 Å². The number of nitrogens with two attached hydrogens (primary N) is 1. The second-order valence-corrected chi connectivity index (χ2v) is 5.47. The van der Waals surface area contributed by atoms with Crippen LogP contribution in [0, 0.1) is 0 Å². The number of benzene rings is 2. The predicted molar refractivity (Wildman–Crippen MR) is 73.3 cm³/mol. The van der Waals surface area contributed by atoms with E-state index in [2.05, 4.69) is 18.2 Å². The molecule has 0 radical (unpaired) electrons. The van der Waals surface area contributed by atoms with Crippen LogP contribution in [0.2, 0.25) is 0 Å². The third kappa shape index (κ3) is 2.13. The second-order valence-electron chi connectivity index (χ2n) is 5.47. The fourth-order valence-electron chi connectivity index (χ4n) is 3.07. The lowest BCUT2D eigenvalue weighted by atomic mass is 9.91. The molecule has 1 saturated carbocycles. The third-order valence-corrected chi connectivity index (χ3v) is 3.98. The Morgan fingerprint density at radius 3 is 2.72 bits per heavy atom. The molecule has 1 fully saturated rings. The van der Waals surface area contributed by atoms with Gasteiger partial charge in [-0.3, -0.25) is 0 Å². The van der Waals surface area contributed by atoms with Gasteiger partial charge in [-0.2, -0.15) is 0 Å². The van der Waals surface area contributed by atoms with Gasteiger partial charge in [-0.05, 0) is 35.6 Å². The van der Waals surface area contributed by atoms with Crippen molar-refractivity contribution in [2.75, 3.05) is 0 Å². The Hall–Kier alpha value is -1.41. The van der Waals surface area contributed by atoms with Crippen molar-refractivity contribution in [2.24, 2.45) is 5.73 Å². The molecule has 0 spiro atoms. The molecule has 2 N–H and O–H groups in total. The number of halogens is 1. The molecule has 0 aromatic heterocycles. The second kappa shape index (κ2) is 4.36. The topological polar surface area (TPSA) is 26.0 Å². The molecule has 2 unspecified atom stereocenters. The summed E-state index contributed by atoms with van der Waals surface area (Å²) >= 11 is 0. The van der Waals surface area contributed by atoms with Crippen LogP contribution in [0.4, 0.5) is 4.39 Å². The van der Waals surface area contributed by atoms with Gasteiger partial charge in [-0.25, -0.2) is 4.39 Å². The van der Waals surface area contributed by atoms with Crippen molar-refractivity contribution in [1.29, 1.82) is 0 Å². The van der Waals surface area contributed by atoms with Crippen LogP contribution in [0.5, 0.6) is 0 Å². The molecule has 3 rings (SSSR count). The monoisotopic (exact) mass is 243 g/mol. The molecule has 1 aliphatic carbocycles. The zero-order valence-corrected chi connectivity index (χ0v) is 10.4. The van der Waals surface area contributed by atoms with Gasteiger partial charge in [-0.15, -0.1) is 0 Å². The van der Waals surface area contributed by atoms with Gasteiger partial charge in [-0.1, -0.05) is 42.5 Å². The van der Waals surface area contributed by atoms with E-state index in [0.29, 0.717) is 19.3 Å². The van der Waals surface area contributed by atoms with E-state index >= 15 is 0 Å². The number of rotatable bonds is 2. The van der Waals surface area contributed by atoms with Crippen LogP contribution in [0.15, 0.2) is 42.5 Å². The van der Waals surface area contributed by atoms with Crippen LogP contribution >= 0.6 is 0 Å². The van der Waals surface area contributed by atoms with Gasteiger partial charge >= 0.3 is 0 Å². The molecule has 0 amide bonds. The summed E-state index contributed by atoms with van der Waals surface area (Å²) in [5, 5.41) is 2.35. The van der Waals surface area contributed by atoms with E-state index in [4.69, 9.17) is 5.73 Å². The predicted octanol–water partition coefficient (Wildman–Crippen LogP) is 3.60. The summed E-state index contributed by atoms with van der Waals surface area (Å²) in [6.07, 6.45) is 2.39. The van der Waals surface area contributed by atoms with Crippen molar-refractivity contribution in [1.82, 2.24) is 0 Å². The first-order valence-electron chi connectivity index (χ1n) is 6.57. The van der Waals surface area contributed by atoms with Crippen LogP contribution in [0.1, 0.15) is 24.8 Å². The maximum atomic E-state index is 14.7. The Morgan fingerprint density at radius 2 is 1.94 bits per heavy atom. The van der Waals surface area contributed by atoms with Gasteiger partial charge in [0.1, 0.15) is 5.67 Å². The molecule has 2 aromatic rings. The maximum Gasteiger partial charge on any atom is 0.116 e. The molecule has 0 bridgehead atoms. The van der Waals surface area contributed by atoms with Gasteiger partial charge in [0.2, 0.25) is 0 Å². The molecule has 0 heterocycles.